The van der Waals surface area contributed by atoms with Crippen LogP contribution in [0, 0.1) is 10.1 Å². The minimum atomic E-state index is -0.564. The highest BCUT2D eigenvalue weighted by Gasteiger charge is 2.14. The third-order valence-electron chi connectivity index (χ3n) is 1.92. The molecule has 0 saturated carbocycles. The second-order valence-electron chi connectivity index (χ2n) is 4.77. The van der Waals surface area contributed by atoms with Gasteiger partial charge in [0.25, 0.3) is 0 Å². The van der Waals surface area contributed by atoms with Crippen molar-refractivity contribution in [2.75, 3.05) is 0 Å². The van der Waals surface area contributed by atoms with Gasteiger partial charge in [-0.3, -0.25) is 4.79 Å². The summed E-state index contributed by atoms with van der Waals surface area (Å²) in [6, 6.07) is 0. The summed E-state index contributed by atoms with van der Waals surface area (Å²) >= 11 is 0. The Morgan fingerprint density at radius 3 is 2.71 bits per heavy atom. The molecule has 0 bridgehead atoms. The van der Waals surface area contributed by atoms with E-state index in [2.05, 4.69) is 10.3 Å². The molecule has 0 atom stereocenters. The maximum atomic E-state index is 11.5. The summed E-state index contributed by atoms with van der Waals surface area (Å²) in [6.45, 7) is 6.07. The fourth-order valence-corrected chi connectivity index (χ4v) is 1.28. The van der Waals surface area contributed by atoms with E-state index in [0.29, 0.717) is 6.54 Å². The number of hydrogen-bond acceptors (Lipinski definition) is 4. The number of imidazole rings is 1. The van der Waals surface area contributed by atoms with Gasteiger partial charge in [-0.1, -0.05) is 0 Å². The first kappa shape index (κ1) is 13.1. The van der Waals surface area contributed by atoms with Crippen molar-refractivity contribution in [2.45, 2.75) is 39.3 Å². The molecule has 0 aliphatic carbocycles. The van der Waals surface area contributed by atoms with E-state index in [1.807, 2.05) is 20.8 Å². The quantitative estimate of drug-likeness (QED) is 0.630. The molecule has 7 nitrogen and oxygen atoms in total. The maximum absolute atomic E-state index is 11.5. The molecule has 0 aromatic carbocycles. The number of aryl methyl sites for hydroxylation is 1. The third kappa shape index (κ3) is 4.62. The number of nitrogens with one attached hydrogen (secondary N) is 1. The Labute approximate surface area is 99.0 Å². The Morgan fingerprint density at radius 1 is 1.59 bits per heavy atom. The Hall–Kier alpha value is -1.92. The van der Waals surface area contributed by atoms with Gasteiger partial charge in [0.15, 0.2) is 0 Å². The van der Waals surface area contributed by atoms with Crippen LogP contribution in [0.2, 0.25) is 0 Å². The van der Waals surface area contributed by atoms with Gasteiger partial charge in [-0.05, 0) is 30.7 Å². The van der Waals surface area contributed by atoms with E-state index in [1.54, 1.807) is 0 Å². The zero-order valence-corrected chi connectivity index (χ0v) is 10.1. The molecular weight excluding hydrogens is 224 g/mol. The van der Waals surface area contributed by atoms with E-state index in [4.69, 9.17) is 0 Å². The van der Waals surface area contributed by atoms with Crippen molar-refractivity contribution >= 4 is 11.7 Å². The summed E-state index contributed by atoms with van der Waals surface area (Å²) in [5.74, 6) is -0.296. The van der Waals surface area contributed by atoms with Crippen LogP contribution in [0.5, 0.6) is 0 Å². The van der Waals surface area contributed by atoms with Crippen molar-refractivity contribution in [3.8, 4) is 0 Å². The van der Waals surface area contributed by atoms with Gasteiger partial charge in [0, 0.05) is 18.5 Å². The molecule has 0 saturated heterocycles. The van der Waals surface area contributed by atoms with Gasteiger partial charge in [0.05, 0.1) is 0 Å². The zero-order chi connectivity index (χ0) is 13.1. The number of nitro groups is 1. The summed E-state index contributed by atoms with van der Waals surface area (Å²) in [7, 11) is 0. The average molecular weight is 240 g/mol. The van der Waals surface area contributed by atoms with Gasteiger partial charge in [-0.15, -0.1) is 0 Å². The predicted octanol–water partition coefficient (Wildman–Crippen LogP) is 1.10. The van der Waals surface area contributed by atoms with Crippen LogP contribution in [-0.2, 0) is 11.3 Å². The van der Waals surface area contributed by atoms with Crippen molar-refractivity contribution in [1.29, 1.82) is 0 Å². The van der Waals surface area contributed by atoms with Crippen molar-refractivity contribution < 1.29 is 9.72 Å². The van der Waals surface area contributed by atoms with Gasteiger partial charge in [0.2, 0.25) is 12.2 Å². The number of rotatable bonds is 4. The van der Waals surface area contributed by atoms with Crippen LogP contribution in [0.1, 0.15) is 27.2 Å². The molecule has 1 aromatic heterocycles. The number of aromatic nitrogens is 2. The topological polar surface area (TPSA) is 90.1 Å². The first-order valence-electron chi connectivity index (χ1n) is 5.25. The van der Waals surface area contributed by atoms with E-state index < -0.39 is 4.92 Å². The van der Waals surface area contributed by atoms with Crippen LogP contribution in [0.3, 0.4) is 0 Å². The monoisotopic (exact) mass is 240 g/mol. The normalized spacial score (nSPS) is 11.2. The van der Waals surface area contributed by atoms with Crippen molar-refractivity contribution in [3.63, 3.8) is 0 Å². The highest BCUT2D eigenvalue weighted by molar-refractivity contribution is 5.76. The molecule has 0 radical (unpaired) electrons. The zero-order valence-electron chi connectivity index (χ0n) is 10.1. The Kier molecular flexibility index (Phi) is 3.82. The standard InChI is InChI=1S/C10H16N4O3/c1-10(2,3)12-9(15)4-5-13-6-8(11-7-13)14(16)17/h6-7H,4-5H2,1-3H3,(H,12,15). The Bertz CT molecular complexity index is 419. The Morgan fingerprint density at radius 2 is 2.24 bits per heavy atom. The summed E-state index contributed by atoms with van der Waals surface area (Å²) in [5.41, 5.74) is -0.266. The smallest absolute Gasteiger partial charge is 0.358 e. The molecule has 0 aliphatic rings. The molecule has 0 fully saturated rings. The van der Waals surface area contributed by atoms with Gasteiger partial charge < -0.3 is 20.0 Å². The second-order valence-corrected chi connectivity index (χ2v) is 4.77. The van der Waals surface area contributed by atoms with Crippen LogP contribution in [0.4, 0.5) is 5.82 Å². The van der Waals surface area contributed by atoms with E-state index in [0.717, 1.165) is 0 Å². The predicted molar refractivity (Wildman–Crippen MR) is 61.4 cm³/mol. The number of nitrogens with zero attached hydrogens (tertiary/aromatic N) is 3. The molecule has 17 heavy (non-hydrogen) atoms. The average Bonchev–Trinajstić information content (AvgIpc) is 2.60. The van der Waals surface area contributed by atoms with E-state index in [1.165, 1.54) is 17.1 Å². The maximum Gasteiger partial charge on any atom is 0.381 e. The van der Waals surface area contributed by atoms with Gasteiger partial charge in [-0.2, -0.15) is 0 Å². The lowest BCUT2D eigenvalue weighted by atomic mass is 10.1. The largest absolute Gasteiger partial charge is 0.381 e. The Balaban J connectivity index is 2.45. The number of carbonyl (C=O) groups excluding carboxylic acids is 1. The minimum absolute atomic E-state index is 0.0890. The number of carbonyl (C=O) groups is 1. The van der Waals surface area contributed by atoms with Crippen LogP contribution in [0.15, 0.2) is 12.5 Å². The number of hydrogen-bond donors (Lipinski definition) is 1. The highest BCUT2D eigenvalue weighted by atomic mass is 16.6. The third-order valence-corrected chi connectivity index (χ3v) is 1.92. The van der Waals surface area contributed by atoms with Gasteiger partial charge in [-0.25, -0.2) is 0 Å². The highest BCUT2D eigenvalue weighted by Crippen LogP contribution is 2.06. The lowest BCUT2D eigenvalue weighted by molar-refractivity contribution is -0.389. The molecule has 0 aliphatic heterocycles. The molecule has 1 amide bonds. The molecule has 1 rings (SSSR count). The fourth-order valence-electron chi connectivity index (χ4n) is 1.28. The van der Waals surface area contributed by atoms with Crippen molar-refractivity contribution in [1.82, 2.24) is 14.9 Å². The van der Waals surface area contributed by atoms with E-state index in [9.17, 15) is 14.9 Å². The lowest BCUT2D eigenvalue weighted by Gasteiger charge is -2.20. The van der Waals surface area contributed by atoms with E-state index in [-0.39, 0.29) is 23.7 Å². The molecular formula is C10H16N4O3. The lowest BCUT2D eigenvalue weighted by Crippen LogP contribution is -2.40. The first-order valence-corrected chi connectivity index (χ1v) is 5.25. The molecule has 1 N–H and O–H groups in total. The first-order chi connectivity index (χ1) is 7.78. The molecule has 1 heterocycles. The minimum Gasteiger partial charge on any atom is -0.358 e. The van der Waals surface area contributed by atoms with Crippen LogP contribution in [0.25, 0.3) is 0 Å². The fraction of sp³-hybridized carbons (Fsp3) is 0.600. The molecule has 7 heteroatoms. The van der Waals surface area contributed by atoms with Gasteiger partial charge in [0.1, 0.15) is 6.20 Å². The second kappa shape index (κ2) is 4.94. The summed E-state index contributed by atoms with van der Waals surface area (Å²) in [4.78, 5) is 24.9. The molecule has 0 unspecified atom stereocenters. The molecule has 1 aromatic rings. The van der Waals surface area contributed by atoms with E-state index >= 15 is 0 Å². The SMILES string of the molecule is CC(C)(C)NC(=O)CCn1cnc([N+](=O)[O-])c1. The van der Waals surface area contributed by atoms with Crippen LogP contribution < -0.4 is 5.32 Å². The van der Waals surface area contributed by atoms with Crippen LogP contribution in [-0.4, -0.2) is 25.9 Å². The molecule has 0 spiro atoms. The van der Waals surface area contributed by atoms with Gasteiger partial charge >= 0.3 is 5.82 Å². The summed E-state index contributed by atoms with van der Waals surface area (Å²) < 4.78 is 1.53. The summed E-state index contributed by atoms with van der Waals surface area (Å²) in [6.07, 6.45) is 2.93. The van der Waals surface area contributed by atoms with Crippen LogP contribution >= 0.6 is 0 Å². The summed E-state index contributed by atoms with van der Waals surface area (Å²) in [5, 5.41) is 13.2. The van der Waals surface area contributed by atoms with Crippen molar-refractivity contribution in [3.05, 3.63) is 22.6 Å². The molecule has 94 valence electrons. The van der Waals surface area contributed by atoms with Crippen molar-refractivity contribution in [2.24, 2.45) is 0 Å². The number of amides is 1.